The molecule has 0 spiro atoms. The Labute approximate surface area is 345 Å². The lowest BCUT2D eigenvalue weighted by Crippen LogP contribution is -2.32. The Hall–Kier alpha value is -5.22. The van der Waals surface area contributed by atoms with Gasteiger partial charge in [-0.15, -0.1) is 0 Å². The largest absolute Gasteiger partial charge is 0.260 e. The van der Waals surface area contributed by atoms with Crippen LogP contribution in [0.25, 0.3) is 11.1 Å². The van der Waals surface area contributed by atoms with Gasteiger partial charge in [0.1, 0.15) is 5.82 Å². The lowest BCUT2D eigenvalue weighted by atomic mass is 9.67. The fourth-order valence-corrected chi connectivity index (χ4v) is 10.9. The van der Waals surface area contributed by atoms with Crippen molar-refractivity contribution in [2.75, 3.05) is 0 Å². The monoisotopic (exact) mass is 760 g/mol. The number of hydrogen-bond acceptors (Lipinski definition) is 4. The van der Waals surface area contributed by atoms with Crippen molar-refractivity contribution >= 4 is 16.9 Å². The molecule has 2 heterocycles. The van der Waals surface area contributed by atoms with Crippen molar-refractivity contribution in [3.05, 3.63) is 185 Å². The van der Waals surface area contributed by atoms with Crippen LogP contribution >= 0.6 is 0 Å². The van der Waals surface area contributed by atoms with Crippen LogP contribution in [-0.2, 0) is 0 Å². The topological polar surface area (TPSA) is 51.0 Å². The zero-order valence-electron chi connectivity index (χ0n) is 33.8. The van der Waals surface area contributed by atoms with E-state index in [1.54, 1.807) is 5.57 Å². The van der Waals surface area contributed by atoms with Crippen LogP contribution in [0.3, 0.4) is 0 Å². The molecule has 1 aromatic carbocycles. The molecule has 4 nitrogen and oxygen atoms in total. The maximum Gasteiger partial charge on any atom is 0.163 e. The summed E-state index contributed by atoms with van der Waals surface area (Å²) in [6.45, 7) is 0. The second-order valence-corrected chi connectivity index (χ2v) is 17.7. The first-order valence-electron chi connectivity index (χ1n) is 22.3. The molecule has 7 atom stereocenters. The molecule has 1 aromatic heterocycles. The molecule has 10 rings (SSSR count). The van der Waals surface area contributed by atoms with Gasteiger partial charge in [-0.25, -0.2) is 15.0 Å². The quantitative estimate of drug-likeness (QED) is 0.269. The van der Waals surface area contributed by atoms with Gasteiger partial charge in [-0.3, -0.25) is 4.99 Å². The maximum atomic E-state index is 5.41. The predicted molar refractivity (Wildman–Crippen MR) is 240 cm³/mol. The molecule has 8 aliphatic rings. The molecule has 292 valence electrons. The number of aromatic nitrogens is 3. The summed E-state index contributed by atoms with van der Waals surface area (Å²) in [5.41, 5.74) is 10.7. The van der Waals surface area contributed by atoms with Crippen LogP contribution in [0.5, 0.6) is 0 Å². The van der Waals surface area contributed by atoms with E-state index in [0.29, 0.717) is 35.5 Å². The Kier molecular flexibility index (Phi) is 10.8. The highest BCUT2D eigenvalue weighted by Crippen LogP contribution is 2.46. The van der Waals surface area contributed by atoms with Gasteiger partial charge in [0.15, 0.2) is 11.6 Å². The van der Waals surface area contributed by atoms with E-state index in [4.69, 9.17) is 19.9 Å². The maximum absolute atomic E-state index is 5.41. The normalized spacial score (nSPS) is 30.3. The van der Waals surface area contributed by atoms with Crippen LogP contribution in [0.15, 0.2) is 167 Å². The van der Waals surface area contributed by atoms with Gasteiger partial charge in [0.2, 0.25) is 0 Å². The third-order valence-electron chi connectivity index (χ3n) is 14.2. The fraction of sp³-hybridized carbons (Fsp3) is 0.370. The van der Waals surface area contributed by atoms with E-state index in [0.717, 1.165) is 87.3 Å². The summed E-state index contributed by atoms with van der Waals surface area (Å²) < 4.78 is 0. The molecule has 4 heteroatoms. The number of nitrogens with zero attached hydrogens (tertiary/aromatic N) is 4. The third-order valence-corrected chi connectivity index (χ3v) is 14.2. The van der Waals surface area contributed by atoms with Crippen molar-refractivity contribution < 1.29 is 0 Å². The number of allylic oxidation sites excluding steroid dienone is 23. The summed E-state index contributed by atoms with van der Waals surface area (Å²) in [6, 6.07) is 11.0. The SMILES string of the molecule is C1=CCC(C2C=CC(c3nc(C4=CC=C(C5=CCCC=C5)CC4)nc(C4CCCC(C5CC(C6CC=C7C=CC=CC7C6)=CN=C5c5ccccc5)C4)n3)=CC2)C=C1. The van der Waals surface area contributed by atoms with Crippen LogP contribution in [0.4, 0.5) is 0 Å². The van der Waals surface area contributed by atoms with Crippen molar-refractivity contribution in [2.24, 2.45) is 40.5 Å². The molecule has 0 N–H and O–H groups in total. The van der Waals surface area contributed by atoms with E-state index in [-0.39, 0.29) is 5.92 Å². The van der Waals surface area contributed by atoms with Crippen molar-refractivity contribution in [3.8, 4) is 0 Å². The minimum atomic E-state index is 0.290. The van der Waals surface area contributed by atoms with E-state index in [1.807, 2.05) is 0 Å². The van der Waals surface area contributed by atoms with Crippen molar-refractivity contribution in [3.63, 3.8) is 0 Å². The van der Waals surface area contributed by atoms with Crippen LogP contribution < -0.4 is 0 Å². The number of hydrogen-bond donors (Lipinski definition) is 0. The lowest BCUT2D eigenvalue weighted by Gasteiger charge is -2.39. The molecular formula is C54H56N4. The molecular weight excluding hydrogens is 705 g/mol. The summed E-state index contributed by atoms with van der Waals surface area (Å²) >= 11 is 0. The standard InChI is InChI=1S/C54H56N4/c1-4-13-37(14-5-1)40-23-28-43(29-24-40)52-56-53(44-30-25-41(26-31-44)38-15-6-2-7-16-38)58-54(57-52)48-22-12-21-47(34-48)50-35-49(36-55-51(50)42-18-8-3-9-19-42)46-32-27-39-17-10-11-20-45(39)33-46/h1,3-6,8-11,13,15-20,23,25,27-30,36-37,40,45-48,50H,2,7,12,14,21-22,24,26,31-35H2. The zero-order valence-corrected chi connectivity index (χ0v) is 33.8. The Bertz CT molecular complexity index is 2310. The van der Waals surface area contributed by atoms with Gasteiger partial charge in [-0.05, 0) is 134 Å². The summed E-state index contributed by atoms with van der Waals surface area (Å²) in [5, 5.41) is 0. The van der Waals surface area contributed by atoms with Gasteiger partial charge < -0.3 is 0 Å². The molecule has 0 bridgehead atoms. The molecule has 0 amide bonds. The lowest BCUT2D eigenvalue weighted by molar-refractivity contribution is 0.259. The number of fused-ring (bicyclic) bond motifs is 1. The van der Waals surface area contributed by atoms with E-state index >= 15 is 0 Å². The van der Waals surface area contributed by atoms with Crippen LogP contribution in [-0.4, -0.2) is 20.7 Å². The highest BCUT2D eigenvalue weighted by molar-refractivity contribution is 6.03. The van der Waals surface area contributed by atoms with E-state index in [9.17, 15) is 0 Å². The minimum Gasteiger partial charge on any atom is -0.260 e. The number of rotatable bonds is 8. The van der Waals surface area contributed by atoms with Gasteiger partial charge in [0.25, 0.3) is 0 Å². The third kappa shape index (κ3) is 7.95. The molecule has 1 aliphatic heterocycles. The molecule has 7 aliphatic carbocycles. The molecule has 7 unspecified atom stereocenters. The first kappa shape index (κ1) is 37.1. The summed E-state index contributed by atoms with van der Waals surface area (Å²) in [4.78, 5) is 21.4. The first-order chi connectivity index (χ1) is 28.7. The molecule has 0 radical (unpaired) electrons. The molecule has 1 fully saturated rings. The molecule has 58 heavy (non-hydrogen) atoms. The molecule has 0 saturated heterocycles. The average Bonchev–Trinajstić information content (AvgIpc) is 3.32. The van der Waals surface area contributed by atoms with Crippen LogP contribution in [0.2, 0.25) is 0 Å². The molecule has 1 saturated carbocycles. The van der Waals surface area contributed by atoms with Crippen molar-refractivity contribution in [1.82, 2.24) is 15.0 Å². The Morgan fingerprint density at radius 3 is 2.33 bits per heavy atom. The molecule has 2 aromatic rings. The Morgan fingerprint density at radius 1 is 0.621 bits per heavy atom. The second-order valence-electron chi connectivity index (χ2n) is 17.7. The van der Waals surface area contributed by atoms with Crippen LogP contribution in [0.1, 0.15) is 112 Å². The smallest absolute Gasteiger partial charge is 0.163 e. The van der Waals surface area contributed by atoms with Gasteiger partial charge in [0, 0.05) is 29.5 Å². The van der Waals surface area contributed by atoms with E-state index < -0.39 is 0 Å². The number of benzene rings is 1. The highest BCUT2D eigenvalue weighted by Gasteiger charge is 2.38. The fourth-order valence-electron chi connectivity index (χ4n) is 10.9. The van der Waals surface area contributed by atoms with Crippen LogP contribution in [0, 0.1) is 35.5 Å². The van der Waals surface area contributed by atoms with E-state index in [2.05, 4.69) is 140 Å². The van der Waals surface area contributed by atoms with Gasteiger partial charge in [0.05, 0.1) is 5.71 Å². The minimum absolute atomic E-state index is 0.290. The predicted octanol–water partition coefficient (Wildman–Crippen LogP) is 13.1. The second kappa shape index (κ2) is 16.9. The number of aliphatic imine (C=N–C) groups is 1. The zero-order chi connectivity index (χ0) is 38.7. The van der Waals surface area contributed by atoms with Gasteiger partial charge >= 0.3 is 0 Å². The van der Waals surface area contributed by atoms with Crippen molar-refractivity contribution in [1.29, 1.82) is 0 Å². The van der Waals surface area contributed by atoms with Gasteiger partial charge in [-0.1, -0.05) is 140 Å². The summed E-state index contributed by atoms with van der Waals surface area (Å²) in [6.07, 6.45) is 56.0. The summed E-state index contributed by atoms with van der Waals surface area (Å²) in [5.74, 6) is 6.03. The Balaban J connectivity index is 0.949. The van der Waals surface area contributed by atoms with E-state index in [1.165, 1.54) is 52.8 Å². The highest BCUT2D eigenvalue weighted by atomic mass is 15.0. The summed E-state index contributed by atoms with van der Waals surface area (Å²) in [7, 11) is 0. The first-order valence-corrected chi connectivity index (χ1v) is 22.3. The average molecular weight is 761 g/mol. The Morgan fingerprint density at radius 2 is 1.50 bits per heavy atom. The van der Waals surface area contributed by atoms with Crippen molar-refractivity contribution in [2.45, 2.75) is 89.4 Å². The van der Waals surface area contributed by atoms with Gasteiger partial charge in [-0.2, -0.15) is 0 Å².